The van der Waals surface area contributed by atoms with Crippen LogP contribution in [0.4, 0.5) is 0 Å². The minimum atomic E-state index is -0.350. The van der Waals surface area contributed by atoms with Crippen LogP contribution in [0, 0.1) is 0 Å². The van der Waals surface area contributed by atoms with Crippen molar-refractivity contribution in [2.75, 3.05) is 7.11 Å². The molecule has 1 aromatic rings. The summed E-state index contributed by atoms with van der Waals surface area (Å²) in [5, 5.41) is 0. The Balaban J connectivity index is 2.22. The van der Waals surface area contributed by atoms with Crippen molar-refractivity contribution in [3.63, 3.8) is 0 Å². The first-order valence-electron chi connectivity index (χ1n) is 4.78. The number of hydrogen-bond donors (Lipinski definition) is 1. The lowest BCUT2D eigenvalue weighted by molar-refractivity contribution is -0.134. The lowest BCUT2D eigenvalue weighted by Gasteiger charge is -2.14. The summed E-state index contributed by atoms with van der Waals surface area (Å²) in [6.07, 6.45) is 1.79. The molecule has 0 unspecified atom stereocenters. The lowest BCUT2D eigenvalue weighted by Crippen LogP contribution is -2.33. The Morgan fingerprint density at radius 1 is 1.40 bits per heavy atom. The second kappa shape index (κ2) is 3.94. The van der Waals surface area contributed by atoms with Crippen LogP contribution >= 0.6 is 15.9 Å². The number of benzene rings is 1. The molecule has 3 nitrogen and oxygen atoms in total. The van der Waals surface area contributed by atoms with Gasteiger partial charge in [-0.05, 0) is 30.5 Å². The fraction of sp³-hybridized carbons (Fsp3) is 0.364. The van der Waals surface area contributed by atoms with Crippen molar-refractivity contribution in [3.05, 3.63) is 34.3 Å². The highest BCUT2D eigenvalue weighted by molar-refractivity contribution is 9.10. The van der Waals surface area contributed by atoms with Crippen LogP contribution < -0.4 is 5.48 Å². The number of hydroxylamine groups is 1. The highest BCUT2D eigenvalue weighted by atomic mass is 79.9. The summed E-state index contributed by atoms with van der Waals surface area (Å²) in [5.74, 6) is -0.0488. The van der Waals surface area contributed by atoms with Crippen molar-refractivity contribution >= 4 is 21.8 Å². The molecule has 1 amide bonds. The van der Waals surface area contributed by atoms with E-state index in [0.717, 1.165) is 22.9 Å². The highest BCUT2D eigenvalue weighted by Gasteiger charge is 2.51. The first kappa shape index (κ1) is 10.6. The Labute approximate surface area is 96.9 Å². The van der Waals surface area contributed by atoms with Crippen molar-refractivity contribution in [1.82, 2.24) is 5.48 Å². The molecule has 2 rings (SSSR count). The van der Waals surface area contributed by atoms with Gasteiger partial charge in [0.25, 0.3) is 5.91 Å². The maximum atomic E-state index is 11.8. The van der Waals surface area contributed by atoms with E-state index in [0.29, 0.717) is 0 Å². The van der Waals surface area contributed by atoms with Crippen molar-refractivity contribution in [1.29, 1.82) is 0 Å². The molecular weight excluding hydrogens is 258 g/mol. The molecule has 1 fully saturated rings. The van der Waals surface area contributed by atoms with Crippen LogP contribution in [0.3, 0.4) is 0 Å². The van der Waals surface area contributed by atoms with Crippen molar-refractivity contribution in [2.45, 2.75) is 18.3 Å². The molecule has 0 atom stereocenters. The maximum absolute atomic E-state index is 11.8. The molecule has 1 N–H and O–H groups in total. The zero-order valence-electron chi connectivity index (χ0n) is 8.42. The summed E-state index contributed by atoms with van der Waals surface area (Å²) >= 11 is 3.38. The molecule has 0 bridgehead atoms. The van der Waals surface area contributed by atoms with Gasteiger partial charge in [0.15, 0.2) is 0 Å². The van der Waals surface area contributed by atoms with Crippen LogP contribution in [-0.2, 0) is 15.0 Å². The maximum Gasteiger partial charge on any atom is 0.254 e. The second-order valence-corrected chi connectivity index (χ2v) is 4.64. The van der Waals surface area contributed by atoms with Gasteiger partial charge in [-0.15, -0.1) is 0 Å². The van der Waals surface area contributed by atoms with Gasteiger partial charge in [0.2, 0.25) is 0 Å². The van der Waals surface area contributed by atoms with E-state index in [1.807, 2.05) is 24.3 Å². The Morgan fingerprint density at radius 3 is 2.47 bits per heavy atom. The summed E-state index contributed by atoms with van der Waals surface area (Å²) < 4.78 is 1.02. The number of hydrogen-bond acceptors (Lipinski definition) is 2. The first-order chi connectivity index (χ1) is 7.19. The van der Waals surface area contributed by atoms with E-state index >= 15 is 0 Å². The topological polar surface area (TPSA) is 38.3 Å². The van der Waals surface area contributed by atoms with Gasteiger partial charge in [0.1, 0.15) is 0 Å². The van der Waals surface area contributed by atoms with Gasteiger partial charge in [0, 0.05) is 4.47 Å². The zero-order valence-corrected chi connectivity index (χ0v) is 10.0. The quantitative estimate of drug-likeness (QED) is 0.855. The lowest BCUT2D eigenvalue weighted by atomic mass is 9.95. The first-order valence-corrected chi connectivity index (χ1v) is 5.58. The van der Waals surface area contributed by atoms with Crippen molar-refractivity contribution in [2.24, 2.45) is 0 Å². The molecule has 0 aromatic heterocycles. The fourth-order valence-corrected chi connectivity index (χ4v) is 2.00. The molecular formula is C11H12BrNO2. The molecule has 0 radical (unpaired) electrons. The Bertz CT molecular complexity index is 371. The summed E-state index contributed by atoms with van der Waals surface area (Å²) in [7, 11) is 1.45. The van der Waals surface area contributed by atoms with E-state index in [4.69, 9.17) is 0 Å². The van der Waals surface area contributed by atoms with Crippen molar-refractivity contribution < 1.29 is 9.63 Å². The van der Waals surface area contributed by atoms with Gasteiger partial charge in [-0.25, -0.2) is 5.48 Å². The molecule has 0 heterocycles. The molecule has 0 spiro atoms. The van der Waals surface area contributed by atoms with Crippen LogP contribution in [0.1, 0.15) is 18.4 Å². The van der Waals surface area contributed by atoms with E-state index in [1.54, 1.807) is 0 Å². The normalized spacial score (nSPS) is 17.2. The molecule has 0 saturated heterocycles. The van der Waals surface area contributed by atoms with E-state index in [1.165, 1.54) is 7.11 Å². The predicted octanol–water partition coefficient (Wildman–Crippen LogP) is 2.16. The average Bonchev–Trinajstić information content (AvgIpc) is 3.00. The van der Waals surface area contributed by atoms with Crippen LogP contribution in [0.5, 0.6) is 0 Å². The summed E-state index contributed by atoms with van der Waals surface area (Å²) in [6, 6.07) is 7.86. The minimum Gasteiger partial charge on any atom is -0.277 e. The molecule has 1 aromatic carbocycles. The zero-order chi connectivity index (χ0) is 10.9. The smallest absolute Gasteiger partial charge is 0.254 e. The largest absolute Gasteiger partial charge is 0.277 e. The summed E-state index contributed by atoms with van der Waals surface area (Å²) in [5.41, 5.74) is 3.12. The van der Waals surface area contributed by atoms with Gasteiger partial charge in [-0.2, -0.15) is 0 Å². The van der Waals surface area contributed by atoms with Crippen LogP contribution in [0.15, 0.2) is 28.7 Å². The molecule has 1 aliphatic carbocycles. The molecule has 80 valence electrons. The third-order valence-electron chi connectivity index (χ3n) is 2.78. The van der Waals surface area contributed by atoms with E-state index in [9.17, 15) is 4.79 Å². The number of halogens is 1. The predicted molar refractivity (Wildman–Crippen MR) is 60.2 cm³/mol. The van der Waals surface area contributed by atoms with E-state index < -0.39 is 0 Å². The van der Waals surface area contributed by atoms with Gasteiger partial charge in [0.05, 0.1) is 12.5 Å². The Kier molecular flexibility index (Phi) is 2.80. The van der Waals surface area contributed by atoms with Crippen LogP contribution in [0.25, 0.3) is 0 Å². The second-order valence-electron chi connectivity index (χ2n) is 3.72. The fourth-order valence-electron chi connectivity index (χ4n) is 1.73. The van der Waals surface area contributed by atoms with E-state index in [2.05, 4.69) is 26.2 Å². The average molecular weight is 270 g/mol. The monoisotopic (exact) mass is 269 g/mol. The standard InChI is InChI=1S/C11H12BrNO2/c1-15-13-10(14)11(6-7-11)8-2-4-9(12)5-3-8/h2-5H,6-7H2,1H3,(H,13,14). The number of carbonyl (C=O) groups excluding carboxylic acids is 1. The SMILES string of the molecule is CONC(=O)C1(c2ccc(Br)cc2)CC1. The molecule has 1 saturated carbocycles. The molecule has 1 aliphatic rings. The van der Waals surface area contributed by atoms with Crippen LogP contribution in [0.2, 0.25) is 0 Å². The van der Waals surface area contributed by atoms with E-state index in [-0.39, 0.29) is 11.3 Å². The molecule has 4 heteroatoms. The van der Waals surface area contributed by atoms with Gasteiger partial charge in [-0.1, -0.05) is 28.1 Å². The van der Waals surface area contributed by atoms with Gasteiger partial charge >= 0.3 is 0 Å². The number of amides is 1. The van der Waals surface area contributed by atoms with Crippen molar-refractivity contribution in [3.8, 4) is 0 Å². The third kappa shape index (κ3) is 1.92. The summed E-state index contributed by atoms with van der Waals surface area (Å²) in [4.78, 5) is 16.4. The number of carbonyl (C=O) groups is 1. The highest BCUT2D eigenvalue weighted by Crippen LogP contribution is 2.48. The number of rotatable bonds is 3. The number of nitrogens with one attached hydrogen (secondary N) is 1. The third-order valence-corrected chi connectivity index (χ3v) is 3.30. The Hall–Kier alpha value is -0.870. The Morgan fingerprint density at radius 2 is 2.00 bits per heavy atom. The summed E-state index contributed by atoms with van der Waals surface area (Å²) in [6.45, 7) is 0. The minimum absolute atomic E-state index is 0.0488. The molecule has 0 aliphatic heterocycles. The molecule has 15 heavy (non-hydrogen) atoms. The van der Waals surface area contributed by atoms with Gasteiger partial charge < -0.3 is 0 Å². The van der Waals surface area contributed by atoms with Crippen LogP contribution in [-0.4, -0.2) is 13.0 Å². The van der Waals surface area contributed by atoms with Gasteiger partial charge in [-0.3, -0.25) is 9.63 Å².